The first-order chi connectivity index (χ1) is 9.90. The van der Waals surface area contributed by atoms with E-state index in [1.165, 1.54) is 24.3 Å². The first-order valence-corrected chi connectivity index (χ1v) is 6.56. The summed E-state index contributed by atoms with van der Waals surface area (Å²) < 4.78 is 13.7. The molecule has 1 heterocycles. The Kier molecular flexibility index (Phi) is 4.34. The summed E-state index contributed by atoms with van der Waals surface area (Å²) in [5.41, 5.74) is 3.29. The molecule has 0 bridgehead atoms. The van der Waals surface area contributed by atoms with E-state index in [9.17, 15) is 14.5 Å². The number of aryl methyl sites for hydroxylation is 1. The van der Waals surface area contributed by atoms with Crippen LogP contribution in [0.1, 0.15) is 5.56 Å². The second-order valence-electron chi connectivity index (χ2n) is 4.20. The minimum atomic E-state index is -0.554. The normalized spacial score (nSPS) is 10.3. The minimum absolute atomic E-state index is 0.144. The van der Waals surface area contributed by atoms with Crippen LogP contribution in [0.25, 0.3) is 0 Å². The van der Waals surface area contributed by atoms with Crippen molar-refractivity contribution in [2.75, 3.05) is 10.7 Å². The van der Waals surface area contributed by atoms with Crippen molar-refractivity contribution in [1.82, 2.24) is 4.98 Å². The highest BCUT2D eigenvalue weighted by atomic mass is 79.9. The van der Waals surface area contributed by atoms with E-state index in [-0.39, 0.29) is 21.8 Å². The quantitative estimate of drug-likeness (QED) is 0.441. The molecule has 0 radical (unpaired) electrons. The molecule has 0 amide bonds. The third-order valence-electron chi connectivity index (χ3n) is 2.70. The number of halogens is 2. The molecular weight excluding hydrogens is 345 g/mol. The summed E-state index contributed by atoms with van der Waals surface area (Å²) in [4.78, 5) is 14.4. The molecule has 2 aromatic rings. The van der Waals surface area contributed by atoms with Gasteiger partial charge in [0.15, 0.2) is 0 Å². The van der Waals surface area contributed by atoms with E-state index in [1.807, 2.05) is 0 Å². The van der Waals surface area contributed by atoms with Crippen molar-refractivity contribution < 1.29 is 9.31 Å². The Morgan fingerprint density at radius 2 is 2.00 bits per heavy atom. The van der Waals surface area contributed by atoms with Crippen LogP contribution in [0.3, 0.4) is 0 Å². The minimum Gasteiger partial charge on any atom is -0.340 e. The molecule has 0 aliphatic heterocycles. The number of pyridine rings is 1. The Morgan fingerprint density at radius 1 is 1.33 bits per heavy atom. The monoisotopic (exact) mass is 355 g/mol. The molecule has 0 aliphatic carbocycles. The Bertz CT molecular complexity index is 710. The van der Waals surface area contributed by atoms with Gasteiger partial charge in [-0.1, -0.05) is 0 Å². The van der Waals surface area contributed by atoms with Gasteiger partial charge in [-0.25, -0.2) is 15.2 Å². The molecule has 0 spiro atoms. The van der Waals surface area contributed by atoms with Gasteiger partial charge < -0.3 is 10.7 Å². The number of rotatable bonds is 4. The molecule has 0 saturated heterocycles. The maximum atomic E-state index is 13.4. The van der Waals surface area contributed by atoms with Crippen molar-refractivity contribution in [3.63, 3.8) is 0 Å². The molecule has 2 rings (SSSR count). The second kappa shape index (κ2) is 6.02. The van der Waals surface area contributed by atoms with Gasteiger partial charge in [-0.05, 0) is 40.5 Å². The molecule has 0 fully saturated rings. The molecule has 0 aliphatic rings. The number of hydrazine groups is 1. The summed E-state index contributed by atoms with van der Waals surface area (Å²) in [6.07, 6.45) is 0. The summed E-state index contributed by atoms with van der Waals surface area (Å²) >= 11 is 3.08. The predicted molar refractivity (Wildman–Crippen MR) is 80.8 cm³/mol. The van der Waals surface area contributed by atoms with Crippen LogP contribution in [-0.4, -0.2) is 9.91 Å². The third kappa shape index (κ3) is 3.44. The smallest absolute Gasteiger partial charge is 0.276 e. The molecule has 21 heavy (non-hydrogen) atoms. The lowest BCUT2D eigenvalue weighted by Crippen LogP contribution is -2.10. The van der Waals surface area contributed by atoms with Crippen molar-refractivity contribution in [2.24, 2.45) is 5.84 Å². The van der Waals surface area contributed by atoms with Crippen LogP contribution in [0.4, 0.5) is 27.4 Å². The molecule has 110 valence electrons. The fourth-order valence-corrected chi connectivity index (χ4v) is 2.02. The maximum Gasteiger partial charge on any atom is 0.276 e. The maximum absolute atomic E-state index is 13.4. The number of aromatic nitrogens is 1. The van der Waals surface area contributed by atoms with E-state index in [2.05, 4.69) is 31.7 Å². The zero-order chi connectivity index (χ0) is 15.6. The number of anilines is 3. The fourth-order valence-electron chi connectivity index (χ4n) is 1.68. The Labute approximate surface area is 127 Å². The number of benzene rings is 1. The van der Waals surface area contributed by atoms with Crippen molar-refractivity contribution in [3.05, 3.63) is 50.2 Å². The molecule has 1 aromatic carbocycles. The van der Waals surface area contributed by atoms with Crippen LogP contribution >= 0.6 is 15.9 Å². The molecule has 0 atom stereocenters. The summed E-state index contributed by atoms with van der Waals surface area (Å²) in [5, 5.41) is 13.8. The topological polar surface area (TPSA) is 106 Å². The molecule has 7 nitrogen and oxygen atoms in total. The van der Waals surface area contributed by atoms with E-state index < -0.39 is 10.7 Å². The standard InChI is InChI=1S/C12H11BrFN5O2/c1-6-2-9(14)8(13)5-10(6)16-11-3-7(19(20)21)4-12(17-11)18-15/h2-5H,15H2,1H3,(H2,16,17,18). The van der Waals surface area contributed by atoms with Gasteiger partial charge in [0, 0.05) is 5.69 Å². The van der Waals surface area contributed by atoms with Crippen LogP contribution in [0.5, 0.6) is 0 Å². The zero-order valence-electron chi connectivity index (χ0n) is 10.9. The van der Waals surface area contributed by atoms with Crippen LogP contribution in [0, 0.1) is 22.9 Å². The average molecular weight is 356 g/mol. The highest BCUT2D eigenvalue weighted by Gasteiger charge is 2.12. The number of nitrogen functional groups attached to an aromatic ring is 1. The highest BCUT2D eigenvalue weighted by Crippen LogP contribution is 2.28. The van der Waals surface area contributed by atoms with Crippen molar-refractivity contribution in [1.29, 1.82) is 0 Å². The number of nitrogens with zero attached hydrogens (tertiary/aromatic N) is 2. The third-order valence-corrected chi connectivity index (χ3v) is 3.31. The van der Waals surface area contributed by atoms with E-state index in [0.29, 0.717) is 11.3 Å². The van der Waals surface area contributed by atoms with Crippen LogP contribution in [-0.2, 0) is 0 Å². The first kappa shape index (κ1) is 15.1. The number of hydrogen-bond donors (Lipinski definition) is 3. The van der Waals surface area contributed by atoms with Crippen LogP contribution in [0.15, 0.2) is 28.7 Å². The Morgan fingerprint density at radius 3 is 2.62 bits per heavy atom. The van der Waals surface area contributed by atoms with E-state index in [0.717, 1.165) is 0 Å². The first-order valence-electron chi connectivity index (χ1n) is 5.76. The van der Waals surface area contributed by atoms with Gasteiger partial charge in [0.05, 0.1) is 21.5 Å². The zero-order valence-corrected chi connectivity index (χ0v) is 12.4. The molecule has 4 N–H and O–H groups in total. The van der Waals surface area contributed by atoms with Crippen LogP contribution in [0.2, 0.25) is 0 Å². The summed E-state index contributed by atoms with van der Waals surface area (Å²) in [6.45, 7) is 1.71. The Balaban J connectivity index is 2.41. The van der Waals surface area contributed by atoms with Gasteiger partial charge in [0.25, 0.3) is 5.69 Å². The summed E-state index contributed by atoms with van der Waals surface area (Å²) in [6, 6.07) is 5.34. The lowest BCUT2D eigenvalue weighted by atomic mass is 10.2. The highest BCUT2D eigenvalue weighted by molar-refractivity contribution is 9.10. The van der Waals surface area contributed by atoms with Crippen molar-refractivity contribution in [2.45, 2.75) is 6.92 Å². The van der Waals surface area contributed by atoms with E-state index in [4.69, 9.17) is 5.84 Å². The van der Waals surface area contributed by atoms with Gasteiger partial charge in [-0.3, -0.25) is 10.1 Å². The van der Waals surface area contributed by atoms with E-state index in [1.54, 1.807) is 6.92 Å². The molecule has 9 heteroatoms. The number of nitrogens with two attached hydrogens (primary N) is 1. The molecule has 1 aromatic heterocycles. The van der Waals surface area contributed by atoms with Crippen molar-refractivity contribution in [3.8, 4) is 0 Å². The number of nitro groups is 1. The average Bonchev–Trinajstić information content (AvgIpc) is 2.44. The lowest BCUT2D eigenvalue weighted by molar-refractivity contribution is -0.384. The molecule has 0 unspecified atom stereocenters. The number of hydrogen-bond acceptors (Lipinski definition) is 6. The van der Waals surface area contributed by atoms with Gasteiger partial charge in [-0.2, -0.15) is 0 Å². The summed E-state index contributed by atoms with van der Waals surface area (Å²) in [7, 11) is 0. The predicted octanol–water partition coefficient (Wildman–Crippen LogP) is 3.23. The van der Waals surface area contributed by atoms with Gasteiger partial charge in [0.2, 0.25) is 0 Å². The SMILES string of the molecule is Cc1cc(F)c(Br)cc1Nc1cc([N+](=O)[O-])cc(NN)n1. The summed E-state index contributed by atoms with van der Waals surface area (Å²) in [5.74, 6) is 5.21. The fraction of sp³-hybridized carbons (Fsp3) is 0.0833. The van der Waals surface area contributed by atoms with Crippen molar-refractivity contribution >= 4 is 38.9 Å². The molecular formula is C12H11BrFN5O2. The van der Waals surface area contributed by atoms with Gasteiger partial charge in [-0.15, -0.1) is 0 Å². The second-order valence-corrected chi connectivity index (χ2v) is 5.06. The van der Waals surface area contributed by atoms with Gasteiger partial charge >= 0.3 is 0 Å². The largest absolute Gasteiger partial charge is 0.340 e. The van der Waals surface area contributed by atoms with Gasteiger partial charge in [0.1, 0.15) is 17.5 Å². The Hall–Kier alpha value is -2.26. The number of nitrogens with one attached hydrogen (secondary N) is 2. The van der Waals surface area contributed by atoms with E-state index >= 15 is 0 Å². The molecule has 0 saturated carbocycles. The lowest BCUT2D eigenvalue weighted by Gasteiger charge is -2.11. The van der Waals surface area contributed by atoms with Crippen LogP contribution < -0.4 is 16.6 Å².